The number of aryl methyl sites for hydroxylation is 2. The van der Waals surface area contributed by atoms with Crippen molar-refractivity contribution >= 4 is 33.4 Å². The number of furan rings is 1. The van der Waals surface area contributed by atoms with E-state index in [0.717, 1.165) is 34.8 Å². The number of thioether (sulfide) groups is 1. The van der Waals surface area contributed by atoms with Crippen molar-refractivity contribution in [3.63, 3.8) is 0 Å². The number of carbonyl (C=O) groups is 1. The summed E-state index contributed by atoms with van der Waals surface area (Å²) in [5.74, 6) is 2.25. The van der Waals surface area contributed by atoms with Crippen LogP contribution in [0.3, 0.4) is 0 Å². The zero-order chi connectivity index (χ0) is 23.0. The summed E-state index contributed by atoms with van der Waals surface area (Å²) in [6.45, 7) is 3.95. The van der Waals surface area contributed by atoms with E-state index in [1.54, 1.807) is 54.4 Å². The molecule has 0 radical (unpaired) electrons. The van der Waals surface area contributed by atoms with Crippen molar-refractivity contribution in [2.45, 2.75) is 30.9 Å². The minimum atomic E-state index is -3.89. The summed E-state index contributed by atoms with van der Waals surface area (Å²) in [7, 11) is -3.89. The Morgan fingerprint density at radius 2 is 1.84 bits per heavy atom. The van der Waals surface area contributed by atoms with Gasteiger partial charge in [0.25, 0.3) is 10.0 Å². The molecule has 0 spiro atoms. The second-order valence-electron chi connectivity index (χ2n) is 7.45. The first-order valence-corrected chi connectivity index (χ1v) is 13.0. The lowest BCUT2D eigenvalue weighted by Crippen LogP contribution is -2.41. The standard InChI is InChI=1S/C24H28N2O4S2/c1-19-11-12-20(2)23(16-19)26(32(28,29)22-9-4-3-5-10-22)17-24(27)25-13-7-15-31-18-21-8-6-14-30-21/h3-6,8-12,14,16H,7,13,15,17-18H2,1-2H3,(H,25,27). The number of benzene rings is 2. The molecule has 3 aromatic rings. The first-order valence-electron chi connectivity index (χ1n) is 10.4. The zero-order valence-corrected chi connectivity index (χ0v) is 19.9. The van der Waals surface area contributed by atoms with Gasteiger partial charge in [-0.2, -0.15) is 11.8 Å². The molecular weight excluding hydrogens is 444 g/mol. The molecule has 0 bridgehead atoms. The molecule has 0 aliphatic rings. The number of carbonyl (C=O) groups excluding carboxylic acids is 1. The van der Waals surface area contributed by atoms with Gasteiger partial charge in [-0.1, -0.05) is 30.3 Å². The number of anilines is 1. The molecule has 1 amide bonds. The lowest BCUT2D eigenvalue weighted by molar-refractivity contribution is -0.119. The number of nitrogens with one attached hydrogen (secondary N) is 1. The van der Waals surface area contributed by atoms with Crippen molar-refractivity contribution in [2.75, 3.05) is 23.1 Å². The Hall–Kier alpha value is -2.71. The van der Waals surface area contributed by atoms with E-state index in [2.05, 4.69) is 5.32 Å². The largest absolute Gasteiger partial charge is 0.468 e. The van der Waals surface area contributed by atoms with E-state index in [-0.39, 0.29) is 17.3 Å². The first kappa shape index (κ1) is 23.9. The molecule has 0 atom stereocenters. The Labute approximate surface area is 194 Å². The SMILES string of the molecule is Cc1ccc(C)c(N(CC(=O)NCCCSCc2ccco2)S(=O)(=O)c2ccccc2)c1. The summed E-state index contributed by atoms with van der Waals surface area (Å²) in [5.41, 5.74) is 2.23. The highest BCUT2D eigenvalue weighted by Gasteiger charge is 2.28. The molecule has 0 unspecified atom stereocenters. The van der Waals surface area contributed by atoms with Crippen LogP contribution in [0.15, 0.2) is 76.2 Å². The molecule has 0 aliphatic carbocycles. The van der Waals surface area contributed by atoms with Crippen molar-refractivity contribution in [1.29, 1.82) is 0 Å². The van der Waals surface area contributed by atoms with Crippen molar-refractivity contribution < 1.29 is 17.6 Å². The van der Waals surface area contributed by atoms with Gasteiger partial charge >= 0.3 is 0 Å². The highest BCUT2D eigenvalue weighted by Crippen LogP contribution is 2.27. The van der Waals surface area contributed by atoms with Crippen LogP contribution in [-0.2, 0) is 20.6 Å². The van der Waals surface area contributed by atoms with Crippen LogP contribution in [-0.4, -0.2) is 33.2 Å². The van der Waals surface area contributed by atoms with E-state index in [4.69, 9.17) is 4.42 Å². The average molecular weight is 473 g/mol. The van der Waals surface area contributed by atoms with Gasteiger partial charge in [-0.3, -0.25) is 9.10 Å². The molecule has 3 rings (SSSR count). The molecule has 6 nitrogen and oxygen atoms in total. The first-order chi connectivity index (χ1) is 15.4. The Kier molecular flexibility index (Phi) is 8.41. The fourth-order valence-electron chi connectivity index (χ4n) is 3.16. The average Bonchev–Trinajstić information content (AvgIpc) is 3.30. The van der Waals surface area contributed by atoms with Crippen LogP contribution in [0.5, 0.6) is 0 Å². The van der Waals surface area contributed by atoms with Gasteiger partial charge in [-0.05, 0) is 67.5 Å². The summed E-state index contributed by atoms with van der Waals surface area (Å²) < 4.78 is 33.3. The monoisotopic (exact) mass is 472 g/mol. The van der Waals surface area contributed by atoms with E-state index in [1.807, 2.05) is 38.1 Å². The number of sulfonamides is 1. The maximum Gasteiger partial charge on any atom is 0.264 e. The van der Waals surface area contributed by atoms with E-state index >= 15 is 0 Å². The van der Waals surface area contributed by atoms with Gasteiger partial charge in [-0.25, -0.2) is 8.42 Å². The molecule has 8 heteroatoms. The highest BCUT2D eigenvalue weighted by molar-refractivity contribution is 7.98. The van der Waals surface area contributed by atoms with Crippen molar-refractivity contribution in [3.05, 3.63) is 83.8 Å². The van der Waals surface area contributed by atoms with Crippen LogP contribution in [0, 0.1) is 13.8 Å². The smallest absolute Gasteiger partial charge is 0.264 e. The molecule has 1 N–H and O–H groups in total. The highest BCUT2D eigenvalue weighted by atomic mass is 32.2. The Morgan fingerprint density at radius 3 is 2.56 bits per heavy atom. The number of nitrogens with zero attached hydrogens (tertiary/aromatic N) is 1. The molecule has 0 aliphatic heterocycles. The zero-order valence-electron chi connectivity index (χ0n) is 18.3. The van der Waals surface area contributed by atoms with Crippen LogP contribution in [0.2, 0.25) is 0 Å². The summed E-state index contributed by atoms with van der Waals surface area (Å²) >= 11 is 1.73. The van der Waals surface area contributed by atoms with Crippen molar-refractivity contribution in [1.82, 2.24) is 5.32 Å². The second-order valence-corrected chi connectivity index (χ2v) is 10.4. The number of amides is 1. The summed E-state index contributed by atoms with van der Waals surface area (Å²) in [4.78, 5) is 12.8. The van der Waals surface area contributed by atoms with E-state index in [9.17, 15) is 13.2 Å². The van der Waals surface area contributed by atoms with Crippen LogP contribution >= 0.6 is 11.8 Å². The van der Waals surface area contributed by atoms with Crippen LogP contribution in [0.1, 0.15) is 23.3 Å². The van der Waals surface area contributed by atoms with Crippen LogP contribution in [0.4, 0.5) is 5.69 Å². The van der Waals surface area contributed by atoms with Gasteiger partial charge in [0.15, 0.2) is 0 Å². The molecular formula is C24H28N2O4S2. The summed E-state index contributed by atoms with van der Waals surface area (Å²) in [5, 5.41) is 2.85. The van der Waals surface area contributed by atoms with Gasteiger partial charge in [0.05, 0.1) is 22.6 Å². The van der Waals surface area contributed by atoms with Crippen LogP contribution < -0.4 is 9.62 Å². The summed E-state index contributed by atoms with van der Waals surface area (Å²) in [6.07, 6.45) is 2.44. The number of hydrogen-bond donors (Lipinski definition) is 1. The second kappa shape index (κ2) is 11.2. The quantitative estimate of drug-likeness (QED) is 0.415. The van der Waals surface area contributed by atoms with Gasteiger partial charge in [0.1, 0.15) is 12.3 Å². The minimum absolute atomic E-state index is 0.156. The maximum absolute atomic E-state index is 13.4. The van der Waals surface area contributed by atoms with Gasteiger partial charge in [0, 0.05) is 6.54 Å². The topological polar surface area (TPSA) is 79.6 Å². The fourth-order valence-corrected chi connectivity index (χ4v) is 5.52. The lowest BCUT2D eigenvalue weighted by atomic mass is 10.1. The molecule has 1 aromatic heterocycles. The number of rotatable bonds is 11. The van der Waals surface area contributed by atoms with E-state index < -0.39 is 10.0 Å². The van der Waals surface area contributed by atoms with E-state index in [1.165, 1.54) is 4.31 Å². The molecule has 0 fully saturated rings. The van der Waals surface area contributed by atoms with Gasteiger partial charge in [-0.15, -0.1) is 0 Å². The summed E-state index contributed by atoms with van der Waals surface area (Å²) in [6, 6.07) is 17.6. The molecule has 0 saturated carbocycles. The maximum atomic E-state index is 13.4. The van der Waals surface area contributed by atoms with Gasteiger partial charge < -0.3 is 9.73 Å². The Balaban J connectivity index is 1.65. The normalized spacial score (nSPS) is 11.3. The molecule has 2 aromatic carbocycles. The van der Waals surface area contributed by atoms with Crippen molar-refractivity contribution in [3.8, 4) is 0 Å². The van der Waals surface area contributed by atoms with Crippen LogP contribution in [0.25, 0.3) is 0 Å². The molecule has 32 heavy (non-hydrogen) atoms. The third kappa shape index (κ3) is 6.40. The lowest BCUT2D eigenvalue weighted by Gasteiger charge is -2.26. The predicted molar refractivity (Wildman–Crippen MR) is 129 cm³/mol. The molecule has 170 valence electrons. The molecule has 0 saturated heterocycles. The van der Waals surface area contributed by atoms with E-state index in [0.29, 0.717) is 12.2 Å². The Morgan fingerprint density at radius 1 is 1.06 bits per heavy atom. The third-order valence-electron chi connectivity index (χ3n) is 4.86. The predicted octanol–water partition coefficient (Wildman–Crippen LogP) is 4.53. The minimum Gasteiger partial charge on any atom is -0.468 e. The Bertz CT molecular complexity index is 1110. The number of hydrogen-bond acceptors (Lipinski definition) is 5. The van der Waals surface area contributed by atoms with Crippen molar-refractivity contribution in [2.24, 2.45) is 0 Å². The fraction of sp³-hybridized carbons (Fsp3) is 0.292. The third-order valence-corrected chi connectivity index (χ3v) is 7.70. The van der Waals surface area contributed by atoms with Gasteiger partial charge in [0.2, 0.25) is 5.91 Å². The molecule has 1 heterocycles.